The minimum atomic E-state index is -0.0641. The first-order valence-electron chi connectivity index (χ1n) is 4.79. The number of hydrogen-bond donors (Lipinski definition) is 4. The van der Waals surface area contributed by atoms with Crippen LogP contribution < -0.4 is 0 Å². The van der Waals surface area contributed by atoms with E-state index in [1.54, 1.807) is 12.4 Å². The number of nitrogens with one attached hydrogen (secondary N) is 2. The summed E-state index contributed by atoms with van der Waals surface area (Å²) >= 11 is 0. The van der Waals surface area contributed by atoms with Gasteiger partial charge in [-0.1, -0.05) is 0 Å². The molecule has 0 bridgehead atoms. The average molecular weight is 215 g/mol. The third-order valence-corrected chi connectivity index (χ3v) is 2.52. The van der Waals surface area contributed by atoms with Crippen molar-refractivity contribution in [2.24, 2.45) is 0 Å². The lowest BCUT2D eigenvalue weighted by Gasteiger charge is -1.95. The molecule has 0 aromatic carbocycles. The minimum absolute atomic E-state index is 0.0535. The van der Waals surface area contributed by atoms with Gasteiger partial charge in [0.2, 0.25) is 0 Å². The molecule has 0 aliphatic carbocycles. The number of hydrogen-bond acceptors (Lipinski definition) is 3. The molecule has 3 aromatic rings. The first kappa shape index (κ1) is 8.84. The van der Waals surface area contributed by atoms with Crippen molar-refractivity contribution in [1.82, 2.24) is 15.0 Å². The summed E-state index contributed by atoms with van der Waals surface area (Å²) in [5.41, 5.74) is 2.10. The molecule has 0 amide bonds. The monoisotopic (exact) mass is 215 g/mol. The van der Waals surface area contributed by atoms with Crippen molar-refractivity contribution < 1.29 is 10.2 Å². The summed E-state index contributed by atoms with van der Waals surface area (Å²) in [4.78, 5) is 9.60. The van der Waals surface area contributed by atoms with Crippen LogP contribution in [-0.4, -0.2) is 25.2 Å². The zero-order valence-corrected chi connectivity index (χ0v) is 8.23. The lowest BCUT2D eigenvalue weighted by atomic mass is 10.1. The molecule has 5 heteroatoms. The molecule has 0 saturated heterocycles. The van der Waals surface area contributed by atoms with Crippen molar-refractivity contribution in [2.75, 3.05) is 0 Å². The summed E-state index contributed by atoms with van der Waals surface area (Å²) in [5.74, 6) is -0.118. The SMILES string of the molecule is Oc1cc(-c2c[nH]c3ncccc23)c(O)[nH]1. The normalized spacial score (nSPS) is 11.0. The van der Waals surface area contributed by atoms with E-state index in [0.717, 1.165) is 16.6 Å². The zero-order chi connectivity index (χ0) is 11.1. The van der Waals surface area contributed by atoms with E-state index in [2.05, 4.69) is 15.0 Å². The topological polar surface area (TPSA) is 84.9 Å². The van der Waals surface area contributed by atoms with Gasteiger partial charge in [-0.15, -0.1) is 0 Å². The highest BCUT2D eigenvalue weighted by molar-refractivity contribution is 5.95. The van der Waals surface area contributed by atoms with Crippen LogP contribution in [0.1, 0.15) is 0 Å². The quantitative estimate of drug-likeness (QED) is 0.500. The maximum absolute atomic E-state index is 9.61. The van der Waals surface area contributed by atoms with E-state index in [4.69, 9.17) is 0 Å². The van der Waals surface area contributed by atoms with Gasteiger partial charge in [0, 0.05) is 35.0 Å². The van der Waals surface area contributed by atoms with Gasteiger partial charge in [-0.3, -0.25) is 4.98 Å². The summed E-state index contributed by atoms with van der Waals surface area (Å²) in [6, 6.07) is 5.20. The molecule has 3 heterocycles. The molecule has 80 valence electrons. The minimum Gasteiger partial charge on any atom is -0.494 e. The van der Waals surface area contributed by atoms with E-state index < -0.39 is 0 Å². The fourth-order valence-electron chi connectivity index (χ4n) is 1.81. The van der Waals surface area contributed by atoms with Crippen molar-refractivity contribution in [3.8, 4) is 22.9 Å². The maximum atomic E-state index is 9.61. The summed E-state index contributed by atoms with van der Waals surface area (Å²) in [6.45, 7) is 0. The predicted molar refractivity (Wildman–Crippen MR) is 59.2 cm³/mol. The van der Waals surface area contributed by atoms with Crippen molar-refractivity contribution in [2.45, 2.75) is 0 Å². The Morgan fingerprint density at radius 3 is 2.81 bits per heavy atom. The van der Waals surface area contributed by atoms with Crippen molar-refractivity contribution >= 4 is 11.0 Å². The van der Waals surface area contributed by atoms with E-state index in [9.17, 15) is 10.2 Å². The van der Waals surface area contributed by atoms with E-state index in [1.807, 2.05) is 12.1 Å². The molecular weight excluding hydrogens is 206 g/mol. The lowest BCUT2D eigenvalue weighted by Crippen LogP contribution is -1.74. The first-order chi connectivity index (χ1) is 7.75. The smallest absolute Gasteiger partial charge is 0.199 e. The third kappa shape index (κ3) is 1.15. The predicted octanol–water partition coefficient (Wildman–Crippen LogP) is 1.97. The Kier molecular flexibility index (Phi) is 1.67. The highest BCUT2D eigenvalue weighted by Gasteiger charge is 2.13. The molecular formula is C11H9N3O2. The van der Waals surface area contributed by atoms with Crippen molar-refractivity contribution in [1.29, 1.82) is 0 Å². The second-order valence-electron chi connectivity index (χ2n) is 3.52. The fourth-order valence-corrected chi connectivity index (χ4v) is 1.81. The number of nitrogens with zero attached hydrogens (tertiary/aromatic N) is 1. The summed E-state index contributed by atoms with van der Waals surface area (Å²) in [5, 5.41) is 19.8. The Labute approximate surface area is 90.4 Å². The molecule has 0 saturated carbocycles. The van der Waals surface area contributed by atoms with Gasteiger partial charge in [-0.05, 0) is 12.1 Å². The van der Waals surface area contributed by atoms with Crippen LogP contribution >= 0.6 is 0 Å². The number of fused-ring (bicyclic) bond motifs is 1. The Hall–Kier alpha value is -2.43. The van der Waals surface area contributed by atoms with Gasteiger partial charge in [-0.2, -0.15) is 0 Å². The highest BCUT2D eigenvalue weighted by atomic mass is 16.3. The van der Waals surface area contributed by atoms with E-state index in [-0.39, 0.29) is 11.8 Å². The number of aromatic nitrogens is 3. The van der Waals surface area contributed by atoms with Gasteiger partial charge in [0.15, 0.2) is 11.8 Å². The molecule has 5 nitrogen and oxygen atoms in total. The fraction of sp³-hybridized carbons (Fsp3) is 0. The molecule has 3 rings (SSSR count). The Morgan fingerprint density at radius 1 is 1.19 bits per heavy atom. The molecule has 16 heavy (non-hydrogen) atoms. The molecule has 0 aliphatic rings. The Balaban J connectivity index is 2.30. The van der Waals surface area contributed by atoms with E-state index in [1.165, 1.54) is 6.07 Å². The number of pyridine rings is 1. The molecule has 0 aliphatic heterocycles. The lowest BCUT2D eigenvalue weighted by molar-refractivity contribution is 0.426. The molecule has 3 aromatic heterocycles. The summed E-state index contributed by atoms with van der Waals surface area (Å²) in [7, 11) is 0. The molecule has 0 radical (unpaired) electrons. The second kappa shape index (κ2) is 3.03. The van der Waals surface area contributed by atoms with Gasteiger partial charge in [0.25, 0.3) is 0 Å². The molecule has 4 N–H and O–H groups in total. The molecule has 0 fully saturated rings. The maximum Gasteiger partial charge on any atom is 0.199 e. The van der Waals surface area contributed by atoms with Gasteiger partial charge < -0.3 is 15.2 Å². The summed E-state index contributed by atoms with van der Waals surface area (Å²) in [6.07, 6.45) is 3.44. The molecule has 0 spiro atoms. The second-order valence-corrected chi connectivity index (χ2v) is 3.52. The number of aromatic hydroxyl groups is 2. The number of H-pyrrole nitrogens is 2. The van der Waals surface area contributed by atoms with Crippen LogP contribution in [0.25, 0.3) is 22.2 Å². The van der Waals surface area contributed by atoms with Gasteiger partial charge in [-0.25, -0.2) is 4.98 Å². The largest absolute Gasteiger partial charge is 0.494 e. The average Bonchev–Trinajstić information content (AvgIpc) is 2.81. The van der Waals surface area contributed by atoms with E-state index in [0.29, 0.717) is 5.56 Å². The van der Waals surface area contributed by atoms with Crippen LogP contribution in [0, 0.1) is 0 Å². The molecule has 0 unspecified atom stereocenters. The highest BCUT2D eigenvalue weighted by Crippen LogP contribution is 2.35. The van der Waals surface area contributed by atoms with Crippen LogP contribution in [0.5, 0.6) is 11.8 Å². The first-order valence-corrected chi connectivity index (χ1v) is 4.79. The van der Waals surface area contributed by atoms with Crippen LogP contribution in [0.2, 0.25) is 0 Å². The Bertz CT molecular complexity index is 654. The van der Waals surface area contributed by atoms with Crippen LogP contribution in [0.15, 0.2) is 30.6 Å². The van der Waals surface area contributed by atoms with E-state index >= 15 is 0 Å². The number of rotatable bonds is 1. The van der Waals surface area contributed by atoms with Crippen LogP contribution in [-0.2, 0) is 0 Å². The third-order valence-electron chi connectivity index (χ3n) is 2.52. The summed E-state index contributed by atoms with van der Waals surface area (Å²) < 4.78 is 0. The van der Waals surface area contributed by atoms with Crippen molar-refractivity contribution in [3.63, 3.8) is 0 Å². The molecule has 0 atom stereocenters. The van der Waals surface area contributed by atoms with Gasteiger partial charge in [0.05, 0.1) is 0 Å². The Morgan fingerprint density at radius 2 is 2.06 bits per heavy atom. The van der Waals surface area contributed by atoms with Crippen LogP contribution in [0.4, 0.5) is 0 Å². The van der Waals surface area contributed by atoms with Crippen LogP contribution in [0.3, 0.4) is 0 Å². The zero-order valence-electron chi connectivity index (χ0n) is 8.23. The standard InChI is InChI=1S/C11H9N3O2/c15-9-4-7(11(16)14-9)8-5-13-10-6(8)2-1-3-12-10/h1-5,14-16H,(H,12,13). The van der Waals surface area contributed by atoms with Gasteiger partial charge >= 0.3 is 0 Å². The van der Waals surface area contributed by atoms with Crippen molar-refractivity contribution in [3.05, 3.63) is 30.6 Å². The number of aromatic amines is 2. The van der Waals surface area contributed by atoms with Gasteiger partial charge in [0.1, 0.15) is 5.65 Å².